The van der Waals surface area contributed by atoms with Gasteiger partial charge in [0.2, 0.25) is 0 Å². The molecule has 1 rings (SSSR count). The Labute approximate surface area is 135 Å². The Kier molecular flexibility index (Phi) is 7.18. The second kappa shape index (κ2) is 8.39. The third kappa shape index (κ3) is 6.06. The molecule has 1 aromatic carbocycles. The largest absolute Gasteiger partial charge is 0.483 e. The molecular formula is C16H25BrN2O2. The summed E-state index contributed by atoms with van der Waals surface area (Å²) in [6, 6.07) is 4.18. The molecule has 0 bridgehead atoms. The number of ether oxygens (including phenoxy) is 1. The number of aryl methyl sites for hydroxylation is 1. The highest BCUT2D eigenvalue weighted by Crippen LogP contribution is 2.29. The van der Waals surface area contributed by atoms with E-state index >= 15 is 0 Å². The summed E-state index contributed by atoms with van der Waals surface area (Å²) in [5.41, 5.74) is 7.90. The van der Waals surface area contributed by atoms with Crippen LogP contribution in [0.3, 0.4) is 0 Å². The highest BCUT2D eigenvalue weighted by molar-refractivity contribution is 9.10. The third-order valence-corrected chi connectivity index (χ3v) is 3.68. The van der Waals surface area contributed by atoms with Crippen LogP contribution in [0.1, 0.15) is 38.3 Å². The molecular weight excluding hydrogens is 332 g/mol. The third-order valence-electron chi connectivity index (χ3n) is 3.23. The highest BCUT2D eigenvalue weighted by atomic mass is 79.9. The van der Waals surface area contributed by atoms with Crippen molar-refractivity contribution in [3.63, 3.8) is 0 Å². The molecule has 0 heterocycles. The number of rotatable bonds is 7. The van der Waals surface area contributed by atoms with E-state index in [4.69, 9.17) is 10.5 Å². The molecule has 5 heteroatoms. The molecule has 4 nitrogen and oxygen atoms in total. The van der Waals surface area contributed by atoms with Gasteiger partial charge in [-0.3, -0.25) is 4.79 Å². The minimum absolute atomic E-state index is 0.0266. The summed E-state index contributed by atoms with van der Waals surface area (Å²) >= 11 is 3.48. The van der Waals surface area contributed by atoms with Gasteiger partial charge in [0.15, 0.2) is 6.61 Å². The molecule has 0 aromatic heterocycles. The zero-order chi connectivity index (χ0) is 16.0. The fourth-order valence-corrected chi connectivity index (χ4v) is 2.68. The Bertz CT molecular complexity index is 489. The van der Waals surface area contributed by atoms with Crippen LogP contribution in [0, 0.1) is 6.92 Å². The van der Waals surface area contributed by atoms with Crippen LogP contribution in [-0.4, -0.2) is 24.6 Å². The van der Waals surface area contributed by atoms with Crippen LogP contribution in [0.4, 0.5) is 0 Å². The molecule has 0 aliphatic carbocycles. The molecule has 2 unspecified atom stereocenters. The fraction of sp³-hybridized carbons (Fsp3) is 0.562. The van der Waals surface area contributed by atoms with Crippen molar-refractivity contribution in [3.8, 4) is 5.75 Å². The number of carbonyl (C=O) groups excluding carboxylic acids is 1. The molecule has 21 heavy (non-hydrogen) atoms. The minimum Gasteiger partial charge on any atom is -0.483 e. The first kappa shape index (κ1) is 18.0. The van der Waals surface area contributed by atoms with Crippen molar-refractivity contribution in [1.82, 2.24) is 5.32 Å². The van der Waals surface area contributed by atoms with Crippen molar-refractivity contribution in [2.75, 3.05) is 6.61 Å². The molecule has 0 radical (unpaired) electrons. The van der Waals surface area contributed by atoms with Crippen molar-refractivity contribution in [2.24, 2.45) is 5.73 Å². The molecule has 1 aromatic rings. The van der Waals surface area contributed by atoms with E-state index in [0.717, 1.165) is 27.8 Å². The average molecular weight is 357 g/mol. The quantitative estimate of drug-likeness (QED) is 0.789. The van der Waals surface area contributed by atoms with E-state index in [0.29, 0.717) is 6.42 Å². The molecule has 0 saturated heterocycles. The van der Waals surface area contributed by atoms with Gasteiger partial charge < -0.3 is 15.8 Å². The Morgan fingerprint density at radius 1 is 1.43 bits per heavy atom. The van der Waals surface area contributed by atoms with Crippen molar-refractivity contribution in [2.45, 2.75) is 52.6 Å². The summed E-state index contributed by atoms with van der Waals surface area (Å²) in [5.74, 6) is 0.660. The van der Waals surface area contributed by atoms with Gasteiger partial charge >= 0.3 is 0 Å². The van der Waals surface area contributed by atoms with E-state index in [-0.39, 0.29) is 24.6 Å². The zero-order valence-electron chi connectivity index (χ0n) is 13.2. The van der Waals surface area contributed by atoms with Gasteiger partial charge in [-0.15, -0.1) is 0 Å². The van der Waals surface area contributed by atoms with Gasteiger partial charge in [-0.1, -0.05) is 22.9 Å². The van der Waals surface area contributed by atoms with Crippen LogP contribution < -0.4 is 15.8 Å². The first-order chi connectivity index (χ1) is 9.83. The van der Waals surface area contributed by atoms with Gasteiger partial charge in [0.25, 0.3) is 5.91 Å². The standard InChI is InChI=1S/C16H25BrN2O2/c1-5-12(4)19-15(20)9-21-16-10(2)6-14(17)8-13(16)7-11(3)18/h6,8,11-12H,5,7,9,18H2,1-4H3,(H,19,20). The van der Waals surface area contributed by atoms with Gasteiger partial charge in [-0.05, 0) is 56.9 Å². The molecule has 2 atom stereocenters. The normalized spacial score (nSPS) is 13.6. The Hall–Kier alpha value is -1.07. The minimum atomic E-state index is -0.0987. The van der Waals surface area contributed by atoms with Gasteiger partial charge in [0.1, 0.15) is 5.75 Å². The monoisotopic (exact) mass is 356 g/mol. The number of nitrogens with two attached hydrogens (primary N) is 1. The number of carbonyl (C=O) groups is 1. The number of hydrogen-bond donors (Lipinski definition) is 2. The maximum Gasteiger partial charge on any atom is 0.258 e. The molecule has 1 amide bonds. The van der Waals surface area contributed by atoms with Crippen LogP contribution in [0.15, 0.2) is 16.6 Å². The van der Waals surface area contributed by atoms with Crippen molar-refractivity contribution in [1.29, 1.82) is 0 Å². The predicted molar refractivity (Wildman–Crippen MR) is 89.6 cm³/mol. The van der Waals surface area contributed by atoms with Crippen molar-refractivity contribution >= 4 is 21.8 Å². The summed E-state index contributed by atoms with van der Waals surface area (Å²) < 4.78 is 6.74. The van der Waals surface area contributed by atoms with Crippen molar-refractivity contribution in [3.05, 3.63) is 27.7 Å². The molecule has 0 spiro atoms. The number of benzene rings is 1. The molecule has 0 fully saturated rings. The van der Waals surface area contributed by atoms with Crippen LogP contribution in [0.5, 0.6) is 5.75 Å². The summed E-state index contributed by atoms with van der Waals surface area (Å²) in [6.45, 7) is 7.96. The van der Waals surface area contributed by atoms with Crippen LogP contribution in [-0.2, 0) is 11.2 Å². The smallest absolute Gasteiger partial charge is 0.258 e. The lowest BCUT2D eigenvalue weighted by molar-refractivity contribution is -0.123. The van der Waals surface area contributed by atoms with E-state index < -0.39 is 0 Å². The van der Waals surface area contributed by atoms with Gasteiger partial charge in [-0.2, -0.15) is 0 Å². The highest BCUT2D eigenvalue weighted by Gasteiger charge is 2.13. The van der Waals surface area contributed by atoms with E-state index in [1.54, 1.807) is 0 Å². The van der Waals surface area contributed by atoms with E-state index in [2.05, 4.69) is 21.2 Å². The van der Waals surface area contributed by atoms with Crippen LogP contribution >= 0.6 is 15.9 Å². The summed E-state index contributed by atoms with van der Waals surface area (Å²) in [5, 5.41) is 2.89. The van der Waals surface area contributed by atoms with Gasteiger partial charge in [-0.25, -0.2) is 0 Å². The zero-order valence-corrected chi connectivity index (χ0v) is 14.8. The molecule has 118 valence electrons. The molecule has 0 aliphatic heterocycles. The lowest BCUT2D eigenvalue weighted by atomic mass is 10.0. The maximum atomic E-state index is 11.8. The lowest BCUT2D eigenvalue weighted by Gasteiger charge is -2.17. The predicted octanol–water partition coefficient (Wildman–Crippen LogP) is 2.94. The second-order valence-corrected chi connectivity index (χ2v) is 6.47. The number of nitrogens with one attached hydrogen (secondary N) is 1. The SMILES string of the molecule is CCC(C)NC(=O)COc1c(C)cc(Br)cc1CC(C)N. The first-order valence-electron chi connectivity index (χ1n) is 7.30. The first-order valence-corrected chi connectivity index (χ1v) is 8.09. The second-order valence-electron chi connectivity index (χ2n) is 5.56. The van der Waals surface area contributed by atoms with Gasteiger partial charge in [0, 0.05) is 16.6 Å². The Balaban J connectivity index is 2.79. The van der Waals surface area contributed by atoms with Crippen LogP contribution in [0.25, 0.3) is 0 Å². The van der Waals surface area contributed by atoms with Gasteiger partial charge in [0.05, 0.1) is 0 Å². The Morgan fingerprint density at radius 3 is 2.67 bits per heavy atom. The summed E-state index contributed by atoms with van der Waals surface area (Å²) in [4.78, 5) is 11.8. The van der Waals surface area contributed by atoms with E-state index in [1.165, 1.54) is 0 Å². The Morgan fingerprint density at radius 2 is 2.10 bits per heavy atom. The maximum absolute atomic E-state index is 11.8. The van der Waals surface area contributed by atoms with Crippen LogP contribution in [0.2, 0.25) is 0 Å². The van der Waals surface area contributed by atoms with Crippen molar-refractivity contribution < 1.29 is 9.53 Å². The summed E-state index contributed by atoms with van der Waals surface area (Å²) in [6.07, 6.45) is 1.61. The lowest BCUT2D eigenvalue weighted by Crippen LogP contribution is -2.35. The number of amides is 1. The number of halogens is 1. The topological polar surface area (TPSA) is 64.3 Å². The van der Waals surface area contributed by atoms with E-state index in [9.17, 15) is 4.79 Å². The fourth-order valence-electron chi connectivity index (χ4n) is 2.06. The molecule has 0 aliphatic rings. The molecule has 0 saturated carbocycles. The van der Waals surface area contributed by atoms with E-state index in [1.807, 2.05) is 39.8 Å². The average Bonchev–Trinajstić information content (AvgIpc) is 2.36. The number of hydrogen-bond acceptors (Lipinski definition) is 3. The summed E-state index contributed by atoms with van der Waals surface area (Å²) in [7, 11) is 0. The molecule has 3 N–H and O–H groups in total.